The molecule has 3 atom stereocenters. The number of likely N-dealkylation sites (tertiary alicyclic amines) is 1. The van der Waals surface area contributed by atoms with Crippen molar-refractivity contribution in [2.24, 2.45) is 0 Å². The summed E-state index contributed by atoms with van der Waals surface area (Å²) in [5, 5.41) is 9.27. The van der Waals surface area contributed by atoms with Gasteiger partial charge in [-0.2, -0.15) is 0 Å². The molecule has 24 heavy (non-hydrogen) atoms. The molecular formula is C18H33NO5. The van der Waals surface area contributed by atoms with Crippen LogP contribution in [0.25, 0.3) is 0 Å². The van der Waals surface area contributed by atoms with Crippen molar-refractivity contribution in [3.63, 3.8) is 0 Å². The van der Waals surface area contributed by atoms with Crippen LogP contribution in [0.5, 0.6) is 0 Å². The molecule has 2 heterocycles. The van der Waals surface area contributed by atoms with Crippen LogP contribution in [0.4, 0.5) is 4.79 Å². The topological polar surface area (TPSA) is 68.2 Å². The van der Waals surface area contributed by atoms with Crippen LogP contribution in [0.2, 0.25) is 0 Å². The van der Waals surface area contributed by atoms with Crippen LogP contribution < -0.4 is 0 Å². The Morgan fingerprint density at radius 1 is 1.17 bits per heavy atom. The molecule has 0 aromatic heterocycles. The van der Waals surface area contributed by atoms with E-state index in [0.717, 1.165) is 45.1 Å². The van der Waals surface area contributed by atoms with Crippen molar-refractivity contribution in [1.29, 1.82) is 0 Å². The maximum absolute atomic E-state index is 12.6. The van der Waals surface area contributed by atoms with Crippen molar-refractivity contribution in [3.8, 4) is 0 Å². The molecule has 1 N–H and O–H groups in total. The van der Waals surface area contributed by atoms with Gasteiger partial charge >= 0.3 is 6.09 Å². The molecule has 0 aromatic carbocycles. The zero-order chi connectivity index (χ0) is 17.6. The second kappa shape index (κ2) is 9.02. The second-order valence-electron chi connectivity index (χ2n) is 7.74. The molecule has 2 fully saturated rings. The molecule has 0 aliphatic carbocycles. The number of aliphatic hydroxyl groups excluding tert-OH is 1. The molecule has 2 saturated heterocycles. The number of nitrogens with zero attached hydrogens (tertiary/aromatic N) is 1. The highest BCUT2D eigenvalue weighted by Gasteiger charge is 2.38. The van der Waals surface area contributed by atoms with Crippen LogP contribution >= 0.6 is 0 Å². The van der Waals surface area contributed by atoms with E-state index in [2.05, 4.69) is 0 Å². The van der Waals surface area contributed by atoms with Crippen molar-refractivity contribution >= 4 is 6.09 Å². The lowest BCUT2D eigenvalue weighted by Crippen LogP contribution is -2.45. The van der Waals surface area contributed by atoms with Crippen LogP contribution in [0.15, 0.2) is 0 Å². The molecule has 0 radical (unpaired) electrons. The first-order valence-electron chi connectivity index (χ1n) is 9.26. The SMILES string of the molecule is CC(C)(C)OC(=O)N1[C@H](CCO)CC[C@@H]1CCOC1CCCCO1. The maximum atomic E-state index is 12.6. The minimum absolute atomic E-state index is 0.0563. The van der Waals surface area contributed by atoms with Crippen molar-refractivity contribution in [3.05, 3.63) is 0 Å². The first kappa shape index (κ1) is 19.5. The number of rotatable bonds is 6. The number of amides is 1. The van der Waals surface area contributed by atoms with Crippen LogP contribution in [0, 0.1) is 0 Å². The van der Waals surface area contributed by atoms with Crippen LogP contribution in [-0.2, 0) is 14.2 Å². The molecular weight excluding hydrogens is 310 g/mol. The average Bonchev–Trinajstić information content (AvgIpc) is 2.90. The third-order valence-electron chi connectivity index (χ3n) is 4.58. The fourth-order valence-corrected chi connectivity index (χ4v) is 3.47. The van der Waals surface area contributed by atoms with Crippen LogP contribution in [-0.4, -0.2) is 59.9 Å². The molecule has 0 bridgehead atoms. The van der Waals surface area contributed by atoms with Gasteiger partial charge in [0.2, 0.25) is 0 Å². The smallest absolute Gasteiger partial charge is 0.410 e. The van der Waals surface area contributed by atoms with Gasteiger partial charge < -0.3 is 24.2 Å². The molecule has 0 spiro atoms. The molecule has 1 amide bonds. The van der Waals surface area contributed by atoms with Crippen molar-refractivity contribution in [1.82, 2.24) is 4.90 Å². The van der Waals surface area contributed by atoms with Gasteiger partial charge in [0, 0.05) is 25.3 Å². The summed E-state index contributed by atoms with van der Waals surface area (Å²) in [6, 6.07) is 0.167. The second-order valence-corrected chi connectivity index (χ2v) is 7.74. The molecule has 2 aliphatic rings. The van der Waals surface area contributed by atoms with E-state index in [9.17, 15) is 9.90 Å². The number of ether oxygens (including phenoxy) is 3. The fraction of sp³-hybridized carbons (Fsp3) is 0.944. The van der Waals surface area contributed by atoms with E-state index in [0.29, 0.717) is 13.0 Å². The van der Waals surface area contributed by atoms with Gasteiger partial charge in [-0.25, -0.2) is 4.79 Å². The summed E-state index contributed by atoms with van der Waals surface area (Å²) in [5.41, 5.74) is -0.513. The molecule has 6 heteroatoms. The zero-order valence-electron chi connectivity index (χ0n) is 15.3. The van der Waals surface area contributed by atoms with Crippen LogP contribution in [0.1, 0.15) is 65.7 Å². The summed E-state index contributed by atoms with van der Waals surface area (Å²) >= 11 is 0. The molecule has 0 aromatic rings. The van der Waals surface area contributed by atoms with Crippen molar-refractivity contribution in [2.45, 2.75) is 89.7 Å². The van der Waals surface area contributed by atoms with E-state index < -0.39 is 5.60 Å². The van der Waals surface area contributed by atoms with Crippen LogP contribution in [0.3, 0.4) is 0 Å². The number of carbonyl (C=O) groups is 1. The highest BCUT2D eigenvalue weighted by atomic mass is 16.7. The molecule has 140 valence electrons. The Hall–Kier alpha value is -0.850. The van der Waals surface area contributed by atoms with Crippen molar-refractivity contribution in [2.75, 3.05) is 19.8 Å². The van der Waals surface area contributed by atoms with Gasteiger partial charge in [-0.1, -0.05) is 0 Å². The molecule has 0 saturated carbocycles. The predicted molar refractivity (Wildman–Crippen MR) is 90.7 cm³/mol. The Morgan fingerprint density at radius 2 is 1.88 bits per heavy atom. The molecule has 2 rings (SSSR count). The summed E-state index contributed by atoms with van der Waals surface area (Å²) in [6.45, 7) is 7.07. The van der Waals surface area contributed by atoms with Gasteiger partial charge in [-0.05, 0) is 65.7 Å². The maximum Gasteiger partial charge on any atom is 0.410 e. The summed E-state index contributed by atoms with van der Waals surface area (Å²) in [5.74, 6) is 0. The molecule has 2 aliphatic heterocycles. The van der Waals surface area contributed by atoms with Gasteiger partial charge in [0.1, 0.15) is 5.60 Å². The summed E-state index contributed by atoms with van der Waals surface area (Å²) in [4.78, 5) is 14.4. The Balaban J connectivity index is 1.87. The quantitative estimate of drug-likeness (QED) is 0.803. The van der Waals surface area contributed by atoms with Gasteiger partial charge in [-0.15, -0.1) is 0 Å². The lowest BCUT2D eigenvalue weighted by molar-refractivity contribution is -0.164. The Morgan fingerprint density at radius 3 is 2.46 bits per heavy atom. The van der Waals surface area contributed by atoms with Gasteiger partial charge in [0.15, 0.2) is 6.29 Å². The van der Waals surface area contributed by atoms with E-state index >= 15 is 0 Å². The Kier molecular flexibility index (Phi) is 7.32. The lowest BCUT2D eigenvalue weighted by Gasteiger charge is -2.33. The van der Waals surface area contributed by atoms with Gasteiger partial charge in [0.25, 0.3) is 0 Å². The summed E-state index contributed by atoms with van der Waals surface area (Å²) in [7, 11) is 0. The Bertz CT molecular complexity index is 389. The highest BCUT2D eigenvalue weighted by Crippen LogP contribution is 2.30. The van der Waals surface area contributed by atoms with Gasteiger partial charge in [0.05, 0.1) is 6.61 Å². The standard InChI is InChI=1S/C18H33NO5/c1-18(2,3)24-17(21)19-14(9-11-20)7-8-15(19)10-13-23-16-6-4-5-12-22-16/h14-16,20H,4-13H2,1-3H3/t14-,15+,16?/m0/s1. The Labute approximate surface area is 145 Å². The van der Waals surface area contributed by atoms with E-state index in [4.69, 9.17) is 14.2 Å². The first-order chi connectivity index (χ1) is 11.4. The third-order valence-corrected chi connectivity index (χ3v) is 4.58. The molecule has 6 nitrogen and oxygen atoms in total. The van der Waals surface area contributed by atoms with Gasteiger partial charge in [-0.3, -0.25) is 0 Å². The summed E-state index contributed by atoms with van der Waals surface area (Å²) < 4.78 is 17.0. The number of hydrogen-bond acceptors (Lipinski definition) is 5. The number of hydrogen-bond donors (Lipinski definition) is 1. The monoisotopic (exact) mass is 343 g/mol. The minimum atomic E-state index is -0.513. The largest absolute Gasteiger partial charge is 0.444 e. The van der Waals surface area contributed by atoms with E-state index in [1.54, 1.807) is 0 Å². The average molecular weight is 343 g/mol. The summed E-state index contributed by atoms with van der Waals surface area (Å²) in [6.07, 6.45) is 6.05. The van der Waals surface area contributed by atoms with E-state index in [1.807, 2.05) is 25.7 Å². The third kappa shape index (κ3) is 5.90. The normalized spacial score (nSPS) is 28.2. The number of carbonyl (C=O) groups excluding carboxylic acids is 1. The van der Waals surface area contributed by atoms with Crippen molar-refractivity contribution < 1.29 is 24.1 Å². The molecule has 1 unspecified atom stereocenters. The first-order valence-corrected chi connectivity index (χ1v) is 9.26. The lowest BCUT2D eigenvalue weighted by atomic mass is 10.1. The highest BCUT2D eigenvalue weighted by molar-refractivity contribution is 5.69. The fourth-order valence-electron chi connectivity index (χ4n) is 3.47. The number of aliphatic hydroxyl groups is 1. The predicted octanol–water partition coefficient (Wildman–Crippen LogP) is 3.07. The zero-order valence-corrected chi connectivity index (χ0v) is 15.3. The van der Waals surface area contributed by atoms with E-state index in [1.165, 1.54) is 0 Å². The van der Waals surface area contributed by atoms with E-state index in [-0.39, 0.29) is 31.1 Å². The minimum Gasteiger partial charge on any atom is -0.444 e.